The molecule has 0 aromatic heterocycles. The standard InChI is InChI=1S/C26H46O4S.Na/c1-4-7-9-11-13-15-18-23-20-17-21-24(19-16-14-12-10-8-5-2)26(23)30-22-25(6-3)31(27,28)29;/h17,20-21,25H,4-16,18-19,22H2,1-3H3,(H,27,28,29);/q;+1/p-1. The fraction of sp³-hybridized carbons (Fsp3) is 0.769. The van der Waals surface area contributed by atoms with E-state index in [0.717, 1.165) is 42.6 Å². The molecule has 1 rings (SSSR count). The minimum absolute atomic E-state index is 0. The molecule has 32 heavy (non-hydrogen) atoms. The van der Waals surface area contributed by atoms with E-state index in [0.29, 0.717) is 0 Å². The van der Waals surface area contributed by atoms with Crippen molar-refractivity contribution < 1.29 is 47.3 Å². The Bertz CT molecular complexity index is 657. The van der Waals surface area contributed by atoms with Gasteiger partial charge >= 0.3 is 29.6 Å². The second-order valence-corrected chi connectivity index (χ2v) is 10.4. The van der Waals surface area contributed by atoms with Crippen molar-refractivity contribution in [1.82, 2.24) is 0 Å². The first-order valence-corrected chi connectivity index (χ1v) is 14.1. The first-order chi connectivity index (χ1) is 14.9. The zero-order valence-corrected chi connectivity index (χ0v) is 24.0. The van der Waals surface area contributed by atoms with E-state index < -0.39 is 15.4 Å². The third kappa shape index (κ3) is 13.6. The molecule has 0 radical (unpaired) electrons. The molecular formula is C26H45NaO4S. The van der Waals surface area contributed by atoms with E-state index in [1.54, 1.807) is 6.92 Å². The van der Waals surface area contributed by atoms with Gasteiger partial charge < -0.3 is 9.29 Å². The summed E-state index contributed by atoms with van der Waals surface area (Å²) < 4.78 is 40.6. The van der Waals surface area contributed by atoms with Crippen molar-refractivity contribution in [2.45, 2.75) is 122 Å². The van der Waals surface area contributed by atoms with Crippen molar-refractivity contribution >= 4 is 10.1 Å². The Morgan fingerprint density at radius 1 is 0.781 bits per heavy atom. The molecule has 4 nitrogen and oxygen atoms in total. The van der Waals surface area contributed by atoms with Crippen LogP contribution in [0.15, 0.2) is 18.2 Å². The molecule has 6 heteroatoms. The molecule has 1 aromatic carbocycles. The Morgan fingerprint density at radius 2 is 1.22 bits per heavy atom. The molecule has 0 amide bonds. The van der Waals surface area contributed by atoms with E-state index in [2.05, 4.69) is 32.0 Å². The first kappa shape index (κ1) is 31.9. The van der Waals surface area contributed by atoms with Gasteiger partial charge in [-0.15, -0.1) is 0 Å². The van der Waals surface area contributed by atoms with Gasteiger partial charge in [-0.05, 0) is 43.2 Å². The van der Waals surface area contributed by atoms with Gasteiger partial charge in [0.25, 0.3) is 0 Å². The van der Waals surface area contributed by atoms with Gasteiger partial charge in [-0.2, -0.15) is 0 Å². The summed E-state index contributed by atoms with van der Waals surface area (Å²) in [5.74, 6) is 0.826. The number of unbranched alkanes of at least 4 members (excludes halogenated alkanes) is 10. The van der Waals surface area contributed by atoms with E-state index >= 15 is 0 Å². The molecule has 0 bridgehead atoms. The number of ether oxygens (including phenoxy) is 1. The number of hydrogen-bond acceptors (Lipinski definition) is 4. The van der Waals surface area contributed by atoms with Crippen LogP contribution in [0.3, 0.4) is 0 Å². The third-order valence-corrected chi connectivity index (χ3v) is 7.34. The molecular weight excluding hydrogens is 431 g/mol. The van der Waals surface area contributed by atoms with Crippen LogP contribution in [0.5, 0.6) is 5.75 Å². The molecule has 1 aromatic rings. The van der Waals surface area contributed by atoms with E-state index in [1.807, 2.05) is 0 Å². The molecule has 1 atom stereocenters. The summed E-state index contributed by atoms with van der Waals surface area (Å²) >= 11 is 0. The second-order valence-electron chi connectivity index (χ2n) is 8.77. The summed E-state index contributed by atoms with van der Waals surface area (Å²) in [5, 5.41) is -0.989. The van der Waals surface area contributed by atoms with Crippen LogP contribution in [0.2, 0.25) is 0 Å². The van der Waals surface area contributed by atoms with E-state index in [9.17, 15) is 13.0 Å². The number of hydrogen-bond donors (Lipinski definition) is 0. The van der Waals surface area contributed by atoms with E-state index in [4.69, 9.17) is 4.74 Å². The summed E-state index contributed by atoms with van der Waals surface area (Å²) in [4.78, 5) is 0. The van der Waals surface area contributed by atoms with E-state index in [1.165, 1.54) is 64.2 Å². The fourth-order valence-electron chi connectivity index (χ4n) is 3.99. The maximum Gasteiger partial charge on any atom is 1.00 e. The summed E-state index contributed by atoms with van der Waals surface area (Å²) in [6.07, 6.45) is 17.0. The topological polar surface area (TPSA) is 66.4 Å². The minimum atomic E-state index is -4.35. The molecule has 0 saturated carbocycles. The van der Waals surface area contributed by atoms with Gasteiger partial charge in [0.1, 0.15) is 22.5 Å². The molecule has 0 aliphatic rings. The van der Waals surface area contributed by atoms with Gasteiger partial charge in [0.05, 0.1) is 5.25 Å². The zero-order valence-electron chi connectivity index (χ0n) is 21.2. The third-order valence-electron chi connectivity index (χ3n) is 6.05. The zero-order chi connectivity index (χ0) is 23.0. The summed E-state index contributed by atoms with van der Waals surface area (Å²) in [6.45, 7) is 6.12. The van der Waals surface area contributed by atoms with Gasteiger partial charge in [0.15, 0.2) is 0 Å². The van der Waals surface area contributed by atoms with Gasteiger partial charge in [-0.25, -0.2) is 8.42 Å². The van der Waals surface area contributed by atoms with E-state index in [-0.39, 0.29) is 42.6 Å². The predicted molar refractivity (Wildman–Crippen MR) is 130 cm³/mol. The second kappa shape index (κ2) is 19.3. The maximum atomic E-state index is 11.5. The van der Waals surface area contributed by atoms with Crippen molar-refractivity contribution in [3.63, 3.8) is 0 Å². The van der Waals surface area contributed by atoms with Gasteiger partial charge in [0.2, 0.25) is 0 Å². The Morgan fingerprint density at radius 3 is 1.62 bits per heavy atom. The van der Waals surface area contributed by atoms with Crippen LogP contribution in [0.4, 0.5) is 0 Å². The molecule has 0 aliphatic carbocycles. The molecule has 1 unspecified atom stereocenters. The predicted octanol–water partition coefficient (Wildman–Crippen LogP) is 4.20. The number of benzene rings is 1. The van der Waals surface area contributed by atoms with Crippen LogP contribution in [0, 0.1) is 0 Å². The Balaban J connectivity index is 0.00000961. The molecule has 0 aliphatic heterocycles. The number of rotatable bonds is 19. The molecule has 0 fully saturated rings. The Hall–Kier alpha value is -0.0700. The van der Waals surface area contributed by atoms with Gasteiger partial charge in [0, 0.05) is 0 Å². The van der Waals surface area contributed by atoms with Crippen LogP contribution in [0.25, 0.3) is 0 Å². The van der Waals surface area contributed by atoms with Crippen molar-refractivity contribution in [3.8, 4) is 5.75 Å². The number of aryl methyl sites for hydroxylation is 2. The maximum absolute atomic E-state index is 11.5. The summed E-state index contributed by atoms with van der Waals surface area (Å²) in [5.41, 5.74) is 2.30. The molecule has 0 N–H and O–H groups in total. The summed E-state index contributed by atoms with van der Waals surface area (Å²) in [6, 6.07) is 6.28. The minimum Gasteiger partial charge on any atom is -0.748 e. The van der Waals surface area contributed by atoms with Gasteiger partial charge in [-0.1, -0.05) is 103 Å². The van der Waals surface area contributed by atoms with Gasteiger partial charge in [-0.3, -0.25) is 0 Å². The molecule has 0 heterocycles. The Labute approximate surface area is 220 Å². The average Bonchev–Trinajstić information content (AvgIpc) is 2.73. The fourth-order valence-corrected chi connectivity index (χ4v) is 4.63. The van der Waals surface area contributed by atoms with Crippen LogP contribution >= 0.6 is 0 Å². The van der Waals surface area contributed by atoms with Crippen LogP contribution in [0.1, 0.15) is 115 Å². The van der Waals surface area contributed by atoms with Crippen molar-refractivity contribution in [1.29, 1.82) is 0 Å². The number of para-hydroxylation sites is 1. The van der Waals surface area contributed by atoms with Crippen molar-refractivity contribution in [2.24, 2.45) is 0 Å². The Kier molecular flexibility index (Phi) is 19.2. The molecule has 0 saturated heterocycles. The van der Waals surface area contributed by atoms with Crippen LogP contribution in [-0.4, -0.2) is 24.8 Å². The van der Waals surface area contributed by atoms with Crippen LogP contribution in [-0.2, 0) is 23.0 Å². The first-order valence-electron chi connectivity index (χ1n) is 12.6. The monoisotopic (exact) mass is 476 g/mol. The molecule has 180 valence electrons. The molecule has 0 spiro atoms. The van der Waals surface area contributed by atoms with Crippen molar-refractivity contribution in [3.05, 3.63) is 29.3 Å². The largest absolute Gasteiger partial charge is 1.00 e. The van der Waals surface area contributed by atoms with Crippen molar-refractivity contribution in [2.75, 3.05) is 6.61 Å². The smallest absolute Gasteiger partial charge is 0.748 e. The van der Waals surface area contributed by atoms with Crippen LogP contribution < -0.4 is 34.3 Å². The average molecular weight is 477 g/mol. The summed E-state index contributed by atoms with van der Waals surface area (Å²) in [7, 11) is -4.35. The quantitative estimate of drug-likeness (QED) is 0.171. The normalized spacial score (nSPS) is 12.4. The SMILES string of the molecule is CCCCCCCCc1cccc(CCCCCCCC)c1OCC(CC)S(=O)(=O)[O-].[Na+].